The second kappa shape index (κ2) is 7.07. The van der Waals surface area contributed by atoms with Crippen LogP contribution >= 0.6 is 0 Å². The fraction of sp³-hybridized carbons (Fsp3) is 0.500. The van der Waals surface area contributed by atoms with Crippen molar-refractivity contribution in [3.63, 3.8) is 0 Å². The summed E-state index contributed by atoms with van der Waals surface area (Å²) >= 11 is 0. The number of methoxy groups -OCH3 is 1. The molecule has 0 fully saturated rings. The molecule has 17 heavy (non-hydrogen) atoms. The van der Waals surface area contributed by atoms with Crippen LogP contribution in [0.1, 0.15) is 36.2 Å². The molecule has 1 aromatic rings. The lowest BCUT2D eigenvalue weighted by atomic mass is 10.1. The Morgan fingerprint density at radius 2 is 1.88 bits per heavy atom. The number of ether oxygens (including phenoxy) is 1. The van der Waals surface area contributed by atoms with Crippen LogP contribution in [-0.2, 0) is 11.3 Å². The summed E-state index contributed by atoms with van der Waals surface area (Å²) in [6.45, 7) is 7.44. The highest BCUT2D eigenvalue weighted by Crippen LogP contribution is 2.08. The summed E-state index contributed by atoms with van der Waals surface area (Å²) in [6.07, 6.45) is 1.16. The van der Waals surface area contributed by atoms with Crippen LogP contribution in [0.15, 0.2) is 24.3 Å². The molecule has 1 aromatic carbocycles. The second-order valence-electron chi connectivity index (χ2n) is 4.06. The van der Waals surface area contributed by atoms with E-state index in [1.807, 2.05) is 24.3 Å². The molecular weight excluding hydrogens is 214 g/mol. The number of benzene rings is 1. The summed E-state index contributed by atoms with van der Waals surface area (Å²) in [7, 11) is 1.40. The van der Waals surface area contributed by atoms with Gasteiger partial charge in [0.05, 0.1) is 12.7 Å². The minimum atomic E-state index is -0.280. The summed E-state index contributed by atoms with van der Waals surface area (Å²) < 4.78 is 4.67. The Morgan fingerprint density at radius 1 is 1.24 bits per heavy atom. The molecule has 0 heterocycles. The van der Waals surface area contributed by atoms with E-state index in [2.05, 4.69) is 23.5 Å². The van der Waals surface area contributed by atoms with E-state index in [9.17, 15) is 4.79 Å². The van der Waals surface area contributed by atoms with Gasteiger partial charge in [0.2, 0.25) is 0 Å². The van der Waals surface area contributed by atoms with Crippen LogP contribution in [0.3, 0.4) is 0 Å². The van der Waals surface area contributed by atoms with Gasteiger partial charge < -0.3 is 4.74 Å². The van der Waals surface area contributed by atoms with Gasteiger partial charge in [0.15, 0.2) is 0 Å². The third-order valence-electron chi connectivity index (χ3n) is 2.77. The van der Waals surface area contributed by atoms with Crippen molar-refractivity contribution in [1.82, 2.24) is 4.90 Å². The zero-order valence-electron chi connectivity index (χ0n) is 10.9. The van der Waals surface area contributed by atoms with Crippen LogP contribution in [-0.4, -0.2) is 31.1 Å². The van der Waals surface area contributed by atoms with E-state index in [-0.39, 0.29) is 5.97 Å². The van der Waals surface area contributed by atoms with Crippen molar-refractivity contribution in [2.75, 3.05) is 20.2 Å². The Labute approximate surface area is 103 Å². The van der Waals surface area contributed by atoms with Crippen molar-refractivity contribution in [3.05, 3.63) is 35.4 Å². The zero-order valence-corrected chi connectivity index (χ0v) is 10.9. The van der Waals surface area contributed by atoms with Gasteiger partial charge in [0.1, 0.15) is 0 Å². The zero-order chi connectivity index (χ0) is 12.7. The topological polar surface area (TPSA) is 29.5 Å². The lowest BCUT2D eigenvalue weighted by molar-refractivity contribution is 0.0600. The van der Waals surface area contributed by atoms with Crippen LogP contribution < -0.4 is 0 Å². The molecule has 0 unspecified atom stereocenters. The molecular formula is C14H21NO2. The molecule has 0 amide bonds. The van der Waals surface area contributed by atoms with Crippen LogP contribution in [0.5, 0.6) is 0 Å². The van der Waals surface area contributed by atoms with E-state index in [0.29, 0.717) is 5.56 Å². The molecule has 1 rings (SSSR count). The van der Waals surface area contributed by atoms with Crippen molar-refractivity contribution >= 4 is 5.97 Å². The first-order chi connectivity index (χ1) is 8.21. The Hall–Kier alpha value is -1.35. The number of esters is 1. The summed E-state index contributed by atoms with van der Waals surface area (Å²) in [4.78, 5) is 13.7. The predicted molar refractivity (Wildman–Crippen MR) is 69.0 cm³/mol. The lowest BCUT2D eigenvalue weighted by Crippen LogP contribution is -2.23. The Morgan fingerprint density at radius 3 is 2.35 bits per heavy atom. The standard InChI is InChI=1S/C14H21NO2/c1-4-10-15(5-2)11-12-6-8-13(9-7-12)14(16)17-3/h6-9H,4-5,10-11H2,1-3H3. The number of carbonyl (C=O) groups is 1. The van der Waals surface area contributed by atoms with Crippen LogP contribution in [0.4, 0.5) is 0 Å². The van der Waals surface area contributed by atoms with Gasteiger partial charge in [0.25, 0.3) is 0 Å². The maximum Gasteiger partial charge on any atom is 0.337 e. The number of hydrogen-bond donors (Lipinski definition) is 0. The molecule has 94 valence electrons. The Kier molecular flexibility index (Phi) is 5.70. The number of carbonyl (C=O) groups excluding carboxylic acids is 1. The number of rotatable bonds is 6. The average Bonchev–Trinajstić information content (AvgIpc) is 2.38. The third-order valence-corrected chi connectivity index (χ3v) is 2.77. The van der Waals surface area contributed by atoms with Gasteiger partial charge in [0, 0.05) is 6.54 Å². The molecule has 0 atom stereocenters. The van der Waals surface area contributed by atoms with E-state index in [4.69, 9.17) is 0 Å². The molecule has 0 aliphatic heterocycles. The van der Waals surface area contributed by atoms with Gasteiger partial charge in [-0.05, 0) is 37.2 Å². The predicted octanol–water partition coefficient (Wildman–Crippen LogP) is 2.71. The Bertz CT molecular complexity index is 346. The van der Waals surface area contributed by atoms with Gasteiger partial charge >= 0.3 is 5.97 Å². The summed E-state index contributed by atoms with van der Waals surface area (Å²) in [5.74, 6) is -0.280. The van der Waals surface area contributed by atoms with Crippen LogP contribution in [0.2, 0.25) is 0 Å². The van der Waals surface area contributed by atoms with Crippen molar-refractivity contribution in [2.45, 2.75) is 26.8 Å². The van der Waals surface area contributed by atoms with Gasteiger partial charge in [-0.15, -0.1) is 0 Å². The van der Waals surface area contributed by atoms with E-state index < -0.39 is 0 Å². The van der Waals surface area contributed by atoms with Gasteiger partial charge in [-0.3, -0.25) is 4.90 Å². The quantitative estimate of drug-likeness (QED) is 0.710. The van der Waals surface area contributed by atoms with Crippen molar-refractivity contribution in [1.29, 1.82) is 0 Å². The molecule has 0 radical (unpaired) electrons. The average molecular weight is 235 g/mol. The first kappa shape index (κ1) is 13.7. The molecule has 0 saturated heterocycles. The summed E-state index contributed by atoms with van der Waals surface area (Å²) in [5.41, 5.74) is 1.84. The molecule has 0 spiro atoms. The van der Waals surface area contributed by atoms with Gasteiger partial charge in [-0.25, -0.2) is 4.79 Å². The maximum atomic E-state index is 11.3. The summed E-state index contributed by atoms with van der Waals surface area (Å²) in [6, 6.07) is 7.62. The first-order valence-corrected chi connectivity index (χ1v) is 6.10. The molecule has 0 N–H and O–H groups in total. The number of nitrogens with zero attached hydrogens (tertiary/aromatic N) is 1. The first-order valence-electron chi connectivity index (χ1n) is 6.10. The van der Waals surface area contributed by atoms with Gasteiger partial charge in [-0.2, -0.15) is 0 Å². The molecule has 0 aromatic heterocycles. The molecule has 3 heteroatoms. The Balaban J connectivity index is 2.64. The fourth-order valence-electron chi connectivity index (χ4n) is 1.79. The third kappa shape index (κ3) is 4.19. The lowest BCUT2D eigenvalue weighted by Gasteiger charge is -2.19. The molecule has 0 aliphatic rings. The molecule has 0 saturated carbocycles. The van der Waals surface area contributed by atoms with Crippen molar-refractivity contribution in [2.24, 2.45) is 0 Å². The van der Waals surface area contributed by atoms with E-state index >= 15 is 0 Å². The van der Waals surface area contributed by atoms with E-state index in [1.165, 1.54) is 12.7 Å². The maximum absolute atomic E-state index is 11.3. The highest BCUT2D eigenvalue weighted by molar-refractivity contribution is 5.89. The van der Waals surface area contributed by atoms with Crippen molar-refractivity contribution in [3.8, 4) is 0 Å². The van der Waals surface area contributed by atoms with Crippen LogP contribution in [0.25, 0.3) is 0 Å². The van der Waals surface area contributed by atoms with Crippen molar-refractivity contribution < 1.29 is 9.53 Å². The van der Waals surface area contributed by atoms with E-state index in [1.54, 1.807) is 0 Å². The van der Waals surface area contributed by atoms with Gasteiger partial charge in [-0.1, -0.05) is 26.0 Å². The van der Waals surface area contributed by atoms with E-state index in [0.717, 1.165) is 26.1 Å². The minimum absolute atomic E-state index is 0.280. The minimum Gasteiger partial charge on any atom is -0.465 e. The summed E-state index contributed by atoms with van der Waals surface area (Å²) in [5, 5.41) is 0. The highest BCUT2D eigenvalue weighted by Gasteiger charge is 2.06. The van der Waals surface area contributed by atoms with Crippen LogP contribution in [0, 0.1) is 0 Å². The smallest absolute Gasteiger partial charge is 0.337 e. The second-order valence-corrected chi connectivity index (χ2v) is 4.06. The highest BCUT2D eigenvalue weighted by atomic mass is 16.5. The SMILES string of the molecule is CCCN(CC)Cc1ccc(C(=O)OC)cc1. The largest absolute Gasteiger partial charge is 0.465 e. The monoisotopic (exact) mass is 235 g/mol. The molecule has 3 nitrogen and oxygen atoms in total. The molecule has 0 bridgehead atoms. The number of hydrogen-bond acceptors (Lipinski definition) is 3. The fourth-order valence-corrected chi connectivity index (χ4v) is 1.79. The molecule has 0 aliphatic carbocycles. The normalized spacial score (nSPS) is 10.6.